The molecule has 6 heteroatoms. The van der Waals surface area contributed by atoms with Gasteiger partial charge in [0.2, 0.25) is 0 Å². The summed E-state index contributed by atoms with van der Waals surface area (Å²) in [6.07, 6.45) is 3.12. The molecule has 0 aliphatic heterocycles. The minimum Gasteiger partial charge on any atom is -0.493 e. The molecular formula is C27H24N2O4. The van der Waals surface area contributed by atoms with Gasteiger partial charge in [0, 0.05) is 5.69 Å². The number of rotatable bonds is 10. The van der Waals surface area contributed by atoms with Crippen molar-refractivity contribution >= 4 is 17.7 Å². The molecule has 6 nitrogen and oxygen atoms in total. The van der Waals surface area contributed by atoms with Gasteiger partial charge in [-0.1, -0.05) is 49.1 Å². The van der Waals surface area contributed by atoms with Crippen LogP contribution in [0.1, 0.15) is 11.1 Å². The zero-order valence-electron chi connectivity index (χ0n) is 18.3. The largest absolute Gasteiger partial charge is 0.493 e. The van der Waals surface area contributed by atoms with Gasteiger partial charge in [0.1, 0.15) is 30.6 Å². The Labute approximate surface area is 193 Å². The molecule has 166 valence electrons. The summed E-state index contributed by atoms with van der Waals surface area (Å²) in [5.41, 5.74) is 2.21. The highest BCUT2D eigenvalue weighted by molar-refractivity contribution is 6.09. The fourth-order valence-corrected chi connectivity index (χ4v) is 2.93. The predicted molar refractivity (Wildman–Crippen MR) is 128 cm³/mol. The van der Waals surface area contributed by atoms with Crippen LogP contribution in [0.3, 0.4) is 0 Å². The zero-order valence-corrected chi connectivity index (χ0v) is 18.3. The number of hydrogen-bond acceptors (Lipinski definition) is 5. The van der Waals surface area contributed by atoms with E-state index in [4.69, 9.17) is 14.2 Å². The van der Waals surface area contributed by atoms with Crippen molar-refractivity contribution in [1.29, 1.82) is 5.26 Å². The van der Waals surface area contributed by atoms with Crippen LogP contribution >= 0.6 is 0 Å². The molecule has 0 fully saturated rings. The summed E-state index contributed by atoms with van der Waals surface area (Å²) in [4.78, 5) is 12.6. The van der Waals surface area contributed by atoms with E-state index < -0.39 is 5.91 Å². The van der Waals surface area contributed by atoms with Crippen LogP contribution in [0.25, 0.3) is 6.08 Å². The number of benzene rings is 3. The molecule has 0 saturated carbocycles. The summed E-state index contributed by atoms with van der Waals surface area (Å²) in [6, 6.07) is 23.9. The third kappa shape index (κ3) is 6.74. The molecule has 0 atom stereocenters. The third-order valence-corrected chi connectivity index (χ3v) is 4.58. The number of amides is 1. The van der Waals surface area contributed by atoms with E-state index in [-0.39, 0.29) is 5.57 Å². The predicted octanol–water partition coefficient (Wildman–Crippen LogP) is 5.38. The average Bonchev–Trinajstić information content (AvgIpc) is 2.86. The van der Waals surface area contributed by atoms with Gasteiger partial charge in [0.15, 0.2) is 11.5 Å². The number of methoxy groups -OCH3 is 1. The molecule has 33 heavy (non-hydrogen) atoms. The van der Waals surface area contributed by atoms with Crippen molar-refractivity contribution in [3.05, 3.63) is 102 Å². The number of hydrogen-bond donors (Lipinski definition) is 1. The normalized spacial score (nSPS) is 10.6. The summed E-state index contributed by atoms with van der Waals surface area (Å²) in [5, 5.41) is 12.2. The molecule has 0 aromatic heterocycles. The highest BCUT2D eigenvalue weighted by Crippen LogP contribution is 2.29. The molecule has 3 aromatic carbocycles. The van der Waals surface area contributed by atoms with E-state index in [1.54, 1.807) is 48.5 Å². The molecule has 0 radical (unpaired) electrons. The van der Waals surface area contributed by atoms with E-state index in [1.165, 1.54) is 13.2 Å². The quantitative estimate of drug-likeness (QED) is 0.260. The SMILES string of the molecule is C=CCOc1ccc(/C=C(\C#N)C(=O)Nc2ccc(OCc3ccccc3)cc2)cc1OC. The van der Waals surface area contributed by atoms with Crippen LogP contribution in [-0.2, 0) is 11.4 Å². The Morgan fingerprint density at radius 1 is 1.03 bits per heavy atom. The molecule has 0 spiro atoms. The van der Waals surface area contributed by atoms with E-state index >= 15 is 0 Å². The number of nitrogens with one attached hydrogen (secondary N) is 1. The first-order valence-electron chi connectivity index (χ1n) is 10.2. The lowest BCUT2D eigenvalue weighted by molar-refractivity contribution is -0.112. The lowest BCUT2D eigenvalue weighted by atomic mass is 10.1. The van der Waals surface area contributed by atoms with Crippen molar-refractivity contribution in [2.75, 3.05) is 19.0 Å². The highest BCUT2D eigenvalue weighted by atomic mass is 16.5. The first kappa shape index (κ1) is 23.2. The molecular weight excluding hydrogens is 416 g/mol. The lowest BCUT2D eigenvalue weighted by Crippen LogP contribution is -2.13. The van der Waals surface area contributed by atoms with Gasteiger partial charge in [-0.2, -0.15) is 5.26 Å². The number of nitriles is 1. The van der Waals surface area contributed by atoms with Crippen LogP contribution in [0.5, 0.6) is 17.2 Å². The Morgan fingerprint density at radius 2 is 1.79 bits per heavy atom. The number of anilines is 1. The van der Waals surface area contributed by atoms with Gasteiger partial charge in [-0.25, -0.2) is 0 Å². The number of nitrogens with zero attached hydrogens (tertiary/aromatic N) is 1. The second-order valence-electron chi connectivity index (χ2n) is 6.93. The monoisotopic (exact) mass is 440 g/mol. The van der Waals surface area contributed by atoms with Crippen molar-refractivity contribution in [3.8, 4) is 23.3 Å². The van der Waals surface area contributed by atoms with Crippen LogP contribution in [0, 0.1) is 11.3 Å². The average molecular weight is 440 g/mol. The Bertz CT molecular complexity index is 1160. The maximum atomic E-state index is 12.6. The molecule has 0 bridgehead atoms. The number of carbonyl (C=O) groups is 1. The zero-order chi connectivity index (χ0) is 23.5. The van der Waals surface area contributed by atoms with Crippen LogP contribution < -0.4 is 19.5 Å². The first-order chi connectivity index (χ1) is 16.1. The second-order valence-corrected chi connectivity index (χ2v) is 6.93. The minimum absolute atomic E-state index is 0.0405. The maximum Gasteiger partial charge on any atom is 0.266 e. The molecule has 0 heterocycles. The van der Waals surface area contributed by atoms with E-state index in [1.807, 2.05) is 36.4 Å². The maximum absolute atomic E-state index is 12.6. The van der Waals surface area contributed by atoms with Crippen LogP contribution in [0.15, 0.2) is 91.0 Å². The summed E-state index contributed by atoms with van der Waals surface area (Å²) in [5.74, 6) is 1.21. The molecule has 0 unspecified atom stereocenters. The smallest absolute Gasteiger partial charge is 0.266 e. The highest BCUT2D eigenvalue weighted by Gasteiger charge is 2.11. The summed E-state index contributed by atoms with van der Waals surface area (Å²) in [6.45, 7) is 4.41. The Kier molecular flexibility index (Phi) is 8.27. The minimum atomic E-state index is -0.513. The van der Waals surface area contributed by atoms with Gasteiger partial charge in [-0.3, -0.25) is 4.79 Å². The summed E-state index contributed by atoms with van der Waals surface area (Å²) < 4.78 is 16.6. The Hall–Kier alpha value is -4.50. The van der Waals surface area contributed by atoms with Crippen molar-refractivity contribution in [2.24, 2.45) is 0 Å². The topological polar surface area (TPSA) is 80.6 Å². The van der Waals surface area contributed by atoms with Gasteiger partial charge in [-0.05, 0) is 53.6 Å². The standard InChI is InChI=1S/C27H24N2O4/c1-3-15-32-25-14-9-21(17-26(25)31-2)16-22(18-28)27(30)29-23-10-12-24(13-11-23)33-19-20-7-5-4-6-8-20/h3-14,16-17H,1,15,19H2,2H3,(H,29,30)/b22-16+. The van der Waals surface area contributed by atoms with Gasteiger partial charge >= 0.3 is 0 Å². The van der Waals surface area contributed by atoms with Gasteiger partial charge in [0.25, 0.3) is 5.91 Å². The van der Waals surface area contributed by atoms with Gasteiger partial charge < -0.3 is 19.5 Å². The Morgan fingerprint density at radius 3 is 2.45 bits per heavy atom. The van der Waals surface area contributed by atoms with E-state index in [9.17, 15) is 10.1 Å². The number of ether oxygens (including phenoxy) is 3. The molecule has 1 N–H and O–H groups in total. The lowest BCUT2D eigenvalue weighted by Gasteiger charge is -2.10. The van der Waals surface area contributed by atoms with E-state index in [0.717, 1.165) is 5.56 Å². The van der Waals surface area contributed by atoms with Crippen LogP contribution in [-0.4, -0.2) is 19.6 Å². The third-order valence-electron chi connectivity index (χ3n) is 4.58. The van der Waals surface area contributed by atoms with Crippen molar-refractivity contribution in [1.82, 2.24) is 0 Å². The van der Waals surface area contributed by atoms with Crippen LogP contribution in [0.2, 0.25) is 0 Å². The summed E-state index contributed by atoms with van der Waals surface area (Å²) >= 11 is 0. The number of carbonyl (C=O) groups excluding carboxylic acids is 1. The molecule has 3 rings (SSSR count). The van der Waals surface area contributed by atoms with E-state index in [2.05, 4.69) is 11.9 Å². The fourth-order valence-electron chi connectivity index (χ4n) is 2.93. The molecule has 0 aliphatic carbocycles. The molecule has 1 amide bonds. The van der Waals surface area contributed by atoms with Gasteiger partial charge in [-0.15, -0.1) is 0 Å². The summed E-state index contributed by atoms with van der Waals surface area (Å²) in [7, 11) is 1.52. The van der Waals surface area contributed by atoms with Crippen molar-refractivity contribution in [2.45, 2.75) is 6.61 Å². The second kappa shape index (κ2) is 11.8. The van der Waals surface area contributed by atoms with Crippen LogP contribution in [0.4, 0.5) is 5.69 Å². The molecule has 0 aliphatic rings. The molecule has 3 aromatic rings. The van der Waals surface area contributed by atoms with Crippen molar-refractivity contribution < 1.29 is 19.0 Å². The van der Waals surface area contributed by atoms with Gasteiger partial charge in [0.05, 0.1) is 7.11 Å². The molecule has 0 saturated heterocycles. The van der Waals surface area contributed by atoms with E-state index in [0.29, 0.717) is 41.7 Å². The fraction of sp³-hybridized carbons (Fsp3) is 0.111. The Balaban J connectivity index is 1.65. The van der Waals surface area contributed by atoms with Crippen molar-refractivity contribution in [3.63, 3.8) is 0 Å². The first-order valence-corrected chi connectivity index (χ1v) is 10.2.